The zero-order valence-electron chi connectivity index (χ0n) is 12.9. The third-order valence-electron chi connectivity index (χ3n) is 6.66. The van der Waals surface area contributed by atoms with Gasteiger partial charge in [0.05, 0.1) is 0 Å². The number of carbonyl (C=O) groups excluding carboxylic acids is 2. The molecule has 116 valence electrons. The quantitative estimate of drug-likeness (QED) is 0.745. The summed E-state index contributed by atoms with van der Waals surface area (Å²) < 4.78 is 0. The van der Waals surface area contributed by atoms with Gasteiger partial charge in [-0.05, 0) is 51.6 Å². The third kappa shape index (κ3) is 2.19. The molecule has 0 radical (unpaired) electrons. The van der Waals surface area contributed by atoms with Crippen LogP contribution < -0.4 is 0 Å². The Labute approximate surface area is 127 Å². The first-order chi connectivity index (χ1) is 10.3. The number of Topliss-reactive ketones (excluding diaryl/α,β-unsaturated/α-hetero) is 2. The summed E-state index contributed by atoms with van der Waals surface area (Å²) in [6.07, 6.45) is 10.0. The van der Waals surface area contributed by atoms with Crippen LogP contribution in [-0.4, -0.2) is 35.6 Å². The molecule has 0 spiro atoms. The molecule has 0 N–H and O–H groups in total. The number of hydrogen-bond acceptors (Lipinski definition) is 3. The summed E-state index contributed by atoms with van der Waals surface area (Å²) in [7, 11) is 0. The highest BCUT2D eigenvalue weighted by Gasteiger charge is 2.54. The van der Waals surface area contributed by atoms with Crippen molar-refractivity contribution in [3.05, 3.63) is 0 Å². The number of hydrogen-bond donors (Lipinski definition) is 0. The first-order valence-corrected chi connectivity index (χ1v) is 9.09. The molecule has 4 rings (SSSR count). The molecule has 0 aromatic heterocycles. The van der Waals surface area contributed by atoms with E-state index >= 15 is 0 Å². The number of nitrogens with zero attached hydrogens (tertiary/aromatic N) is 1. The van der Waals surface area contributed by atoms with E-state index in [2.05, 4.69) is 4.90 Å². The van der Waals surface area contributed by atoms with Gasteiger partial charge < -0.3 is 0 Å². The van der Waals surface area contributed by atoms with Crippen molar-refractivity contribution in [2.24, 2.45) is 23.7 Å². The molecule has 5 unspecified atom stereocenters. The van der Waals surface area contributed by atoms with Crippen molar-refractivity contribution >= 4 is 11.6 Å². The van der Waals surface area contributed by atoms with Crippen molar-refractivity contribution in [3.8, 4) is 0 Å². The van der Waals surface area contributed by atoms with Crippen LogP contribution in [0, 0.1) is 23.7 Å². The Morgan fingerprint density at radius 3 is 2.00 bits per heavy atom. The van der Waals surface area contributed by atoms with Gasteiger partial charge in [-0.25, -0.2) is 0 Å². The van der Waals surface area contributed by atoms with Gasteiger partial charge in [-0.15, -0.1) is 0 Å². The van der Waals surface area contributed by atoms with Gasteiger partial charge in [-0.3, -0.25) is 14.5 Å². The molecular weight excluding hydrogens is 262 g/mol. The Bertz CT molecular complexity index is 440. The van der Waals surface area contributed by atoms with Crippen molar-refractivity contribution < 1.29 is 9.59 Å². The average Bonchev–Trinajstić information content (AvgIpc) is 3.06. The fourth-order valence-electron chi connectivity index (χ4n) is 5.70. The van der Waals surface area contributed by atoms with Crippen LogP contribution in [0.2, 0.25) is 0 Å². The molecule has 4 fully saturated rings. The molecule has 1 saturated heterocycles. The maximum atomic E-state index is 13.1. The summed E-state index contributed by atoms with van der Waals surface area (Å²) >= 11 is 0. The highest BCUT2D eigenvalue weighted by atomic mass is 16.1. The molecule has 4 aliphatic rings. The second kappa shape index (κ2) is 5.49. The van der Waals surface area contributed by atoms with Crippen molar-refractivity contribution in [3.63, 3.8) is 0 Å². The highest BCUT2D eigenvalue weighted by molar-refractivity contribution is 6.00. The molecule has 3 heteroatoms. The average molecular weight is 289 g/mol. The minimum Gasteiger partial charge on any atom is -0.300 e. The monoisotopic (exact) mass is 289 g/mol. The van der Waals surface area contributed by atoms with Crippen molar-refractivity contribution in [2.45, 2.75) is 63.8 Å². The molecule has 0 aromatic rings. The summed E-state index contributed by atoms with van der Waals surface area (Å²) in [6.45, 7) is 2.28. The summed E-state index contributed by atoms with van der Waals surface area (Å²) in [5.41, 5.74) is 0. The summed E-state index contributed by atoms with van der Waals surface area (Å²) in [6, 6.07) is 0.380. The number of likely N-dealkylation sites (tertiary alicyclic amines) is 1. The normalized spacial score (nSPS) is 44.5. The molecule has 1 heterocycles. The molecule has 0 bridgehead atoms. The molecule has 3 saturated carbocycles. The van der Waals surface area contributed by atoms with Crippen LogP contribution in [0.4, 0.5) is 0 Å². The van der Waals surface area contributed by atoms with Gasteiger partial charge >= 0.3 is 0 Å². The van der Waals surface area contributed by atoms with Gasteiger partial charge in [0, 0.05) is 29.7 Å². The summed E-state index contributed by atoms with van der Waals surface area (Å²) in [5, 5.41) is 0. The van der Waals surface area contributed by atoms with E-state index in [1.165, 1.54) is 12.8 Å². The van der Waals surface area contributed by atoms with Gasteiger partial charge in [-0.1, -0.05) is 19.3 Å². The Hall–Kier alpha value is -0.700. The zero-order valence-corrected chi connectivity index (χ0v) is 12.9. The fraction of sp³-hybridized carbons (Fsp3) is 0.889. The molecule has 3 aliphatic carbocycles. The van der Waals surface area contributed by atoms with Crippen LogP contribution in [-0.2, 0) is 9.59 Å². The Morgan fingerprint density at radius 2 is 1.29 bits per heavy atom. The zero-order chi connectivity index (χ0) is 14.4. The first-order valence-electron chi connectivity index (χ1n) is 9.09. The molecule has 21 heavy (non-hydrogen) atoms. The van der Waals surface area contributed by atoms with E-state index < -0.39 is 0 Å². The predicted octanol–water partition coefficient (Wildman–Crippen LogP) is 2.83. The molecule has 3 nitrogen and oxygen atoms in total. The molecule has 0 amide bonds. The van der Waals surface area contributed by atoms with Gasteiger partial charge in [0.25, 0.3) is 0 Å². The molecule has 0 aromatic carbocycles. The largest absolute Gasteiger partial charge is 0.300 e. The van der Waals surface area contributed by atoms with Gasteiger partial charge in [0.2, 0.25) is 0 Å². The second-order valence-corrected chi connectivity index (χ2v) is 7.68. The van der Waals surface area contributed by atoms with E-state index in [9.17, 15) is 9.59 Å². The Morgan fingerprint density at radius 1 is 0.667 bits per heavy atom. The lowest BCUT2D eigenvalue weighted by Crippen LogP contribution is -2.57. The number of rotatable bonds is 1. The van der Waals surface area contributed by atoms with Crippen molar-refractivity contribution in [1.29, 1.82) is 0 Å². The maximum absolute atomic E-state index is 13.1. The van der Waals surface area contributed by atoms with Gasteiger partial charge in [0.15, 0.2) is 0 Å². The van der Waals surface area contributed by atoms with Crippen LogP contribution in [0.15, 0.2) is 0 Å². The fourth-order valence-corrected chi connectivity index (χ4v) is 5.70. The minimum absolute atomic E-state index is 0.0451. The molecular formula is C18H27NO2. The Balaban J connectivity index is 1.63. The standard InChI is InChI=1S/C18H27NO2/c20-17-12-6-1-2-7-13(12)18(21)16-14(17)8-5-9-15(16)19-10-3-4-11-19/h12-16H,1-11H2. The van der Waals surface area contributed by atoms with Crippen molar-refractivity contribution in [2.75, 3.05) is 13.1 Å². The smallest absolute Gasteiger partial charge is 0.142 e. The first kappa shape index (κ1) is 13.9. The van der Waals surface area contributed by atoms with Crippen LogP contribution in [0.25, 0.3) is 0 Å². The van der Waals surface area contributed by atoms with E-state index in [1.807, 2.05) is 0 Å². The summed E-state index contributed by atoms with van der Waals surface area (Å²) in [5.74, 6) is 1.22. The Kier molecular flexibility index (Phi) is 3.64. The highest BCUT2D eigenvalue weighted by Crippen LogP contribution is 2.47. The van der Waals surface area contributed by atoms with Crippen LogP contribution >= 0.6 is 0 Å². The van der Waals surface area contributed by atoms with Crippen LogP contribution in [0.3, 0.4) is 0 Å². The van der Waals surface area contributed by atoms with Crippen LogP contribution in [0.1, 0.15) is 57.8 Å². The summed E-state index contributed by atoms with van der Waals surface area (Å²) in [4.78, 5) is 28.6. The van der Waals surface area contributed by atoms with E-state index in [0.29, 0.717) is 17.6 Å². The van der Waals surface area contributed by atoms with Crippen molar-refractivity contribution in [1.82, 2.24) is 4.90 Å². The second-order valence-electron chi connectivity index (χ2n) is 7.68. The van der Waals surface area contributed by atoms with Crippen LogP contribution in [0.5, 0.6) is 0 Å². The SMILES string of the molecule is O=C1C2CCCCC2C(=O)C2C1CCCC2N1CCCC1. The van der Waals surface area contributed by atoms with E-state index in [1.54, 1.807) is 0 Å². The lowest BCUT2D eigenvalue weighted by Gasteiger charge is -2.48. The number of carbonyl (C=O) groups is 2. The number of fused-ring (bicyclic) bond motifs is 2. The number of ketones is 2. The van der Waals surface area contributed by atoms with E-state index in [0.717, 1.165) is 58.0 Å². The lowest BCUT2D eigenvalue weighted by molar-refractivity contribution is -0.154. The molecule has 1 aliphatic heterocycles. The lowest BCUT2D eigenvalue weighted by atomic mass is 9.57. The third-order valence-corrected chi connectivity index (χ3v) is 6.66. The van der Waals surface area contributed by atoms with E-state index in [4.69, 9.17) is 0 Å². The topological polar surface area (TPSA) is 37.4 Å². The van der Waals surface area contributed by atoms with Gasteiger partial charge in [-0.2, -0.15) is 0 Å². The van der Waals surface area contributed by atoms with E-state index in [-0.39, 0.29) is 23.7 Å². The minimum atomic E-state index is 0.0451. The van der Waals surface area contributed by atoms with Gasteiger partial charge in [0.1, 0.15) is 11.6 Å². The molecule has 5 atom stereocenters. The predicted molar refractivity (Wildman–Crippen MR) is 80.9 cm³/mol. The maximum Gasteiger partial charge on any atom is 0.142 e.